The van der Waals surface area contributed by atoms with Crippen LogP contribution in [0.4, 0.5) is 0 Å². The number of nitrogens with zero attached hydrogens (tertiary/aromatic N) is 1. The zero-order valence-corrected chi connectivity index (χ0v) is 14.9. The fraction of sp³-hybridized carbons (Fsp3) is 0.643. The van der Waals surface area contributed by atoms with Crippen LogP contribution in [0.15, 0.2) is 15.8 Å². The molecule has 0 aromatic carbocycles. The molecule has 0 amide bonds. The molecule has 0 unspecified atom stereocenters. The van der Waals surface area contributed by atoms with E-state index in [9.17, 15) is 14.4 Å². The molecule has 7 nitrogen and oxygen atoms in total. The van der Waals surface area contributed by atoms with Crippen molar-refractivity contribution in [1.29, 1.82) is 0 Å². The lowest BCUT2D eigenvalue weighted by Crippen LogP contribution is -2.33. The molecule has 9 heteroatoms. The third kappa shape index (κ3) is 4.72. The maximum atomic E-state index is 12.0. The monoisotopic (exact) mass is 360 g/mol. The first-order valence-electron chi connectivity index (χ1n) is 7.13. The van der Waals surface area contributed by atoms with Gasteiger partial charge in [-0.1, -0.05) is 11.8 Å². The van der Waals surface area contributed by atoms with Crippen LogP contribution in [0, 0.1) is 6.92 Å². The normalized spacial score (nSPS) is 24.0. The van der Waals surface area contributed by atoms with Gasteiger partial charge in [0, 0.05) is 30.9 Å². The molecule has 1 aliphatic rings. The summed E-state index contributed by atoms with van der Waals surface area (Å²) in [5.41, 5.74) is -0.464. The van der Waals surface area contributed by atoms with Crippen LogP contribution < -0.4 is 11.2 Å². The Hall–Kier alpha value is -1.03. The average Bonchev–Trinajstić information content (AvgIpc) is 2.89. The van der Waals surface area contributed by atoms with Crippen LogP contribution in [-0.2, 0) is 14.3 Å². The number of H-pyrrole nitrogens is 1. The molecule has 2 heterocycles. The number of thioether (sulfide) groups is 2. The van der Waals surface area contributed by atoms with Gasteiger partial charge in [-0.3, -0.25) is 19.1 Å². The summed E-state index contributed by atoms with van der Waals surface area (Å²) in [4.78, 5) is 36.9. The van der Waals surface area contributed by atoms with E-state index in [1.54, 1.807) is 18.7 Å². The third-order valence-corrected chi connectivity index (χ3v) is 4.76. The van der Waals surface area contributed by atoms with Crippen LogP contribution in [0.1, 0.15) is 25.1 Å². The first kappa shape index (κ1) is 18.3. The lowest BCUT2D eigenvalue weighted by Gasteiger charge is -2.17. The minimum absolute atomic E-state index is 0.0118. The van der Waals surface area contributed by atoms with Crippen molar-refractivity contribution in [3.05, 3.63) is 32.6 Å². The highest BCUT2D eigenvalue weighted by Crippen LogP contribution is 2.32. The summed E-state index contributed by atoms with van der Waals surface area (Å²) in [5, 5.41) is 0.0118. The van der Waals surface area contributed by atoms with E-state index in [2.05, 4.69) is 4.98 Å². The van der Waals surface area contributed by atoms with E-state index < -0.39 is 17.5 Å². The summed E-state index contributed by atoms with van der Waals surface area (Å²) in [7, 11) is 0. The van der Waals surface area contributed by atoms with Gasteiger partial charge < -0.3 is 9.47 Å². The Morgan fingerprint density at radius 2 is 2.26 bits per heavy atom. The molecule has 3 atom stereocenters. The smallest absolute Gasteiger partial charge is 0.330 e. The number of rotatable bonds is 6. The highest BCUT2D eigenvalue weighted by atomic mass is 32.2. The summed E-state index contributed by atoms with van der Waals surface area (Å²) in [5.74, 6) is 0.990. The Bertz CT molecular complexity index is 672. The van der Waals surface area contributed by atoms with Gasteiger partial charge in [0.05, 0.1) is 18.1 Å². The Kier molecular flexibility index (Phi) is 6.51. The topological polar surface area (TPSA) is 90.4 Å². The van der Waals surface area contributed by atoms with Crippen LogP contribution in [0.25, 0.3) is 0 Å². The van der Waals surface area contributed by atoms with Crippen LogP contribution in [-0.4, -0.2) is 44.8 Å². The first-order valence-corrected chi connectivity index (χ1v) is 9.51. The van der Waals surface area contributed by atoms with Gasteiger partial charge >= 0.3 is 5.69 Å². The zero-order chi connectivity index (χ0) is 17.0. The van der Waals surface area contributed by atoms with Crippen molar-refractivity contribution in [2.24, 2.45) is 0 Å². The lowest BCUT2D eigenvalue weighted by atomic mass is 10.2. The summed E-state index contributed by atoms with van der Waals surface area (Å²) in [6.45, 7) is 3.14. The molecule has 0 spiro atoms. The van der Waals surface area contributed by atoms with E-state index in [1.165, 1.54) is 29.4 Å². The van der Waals surface area contributed by atoms with Gasteiger partial charge in [0.2, 0.25) is 0 Å². The second kappa shape index (κ2) is 8.18. The number of carbonyl (C=O) groups excluding carboxylic acids is 1. The van der Waals surface area contributed by atoms with Gasteiger partial charge in [-0.2, -0.15) is 0 Å². The minimum atomic E-state index is -0.512. The predicted octanol–water partition coefficient (Wildman–Crippen LogP) is 1.12. The van der Waals surface area contributed by atoms with Crippen molar-refractivity contribution in [3.63, 3.8) is 0 Å². The predicted molar refractivity (Wildman–Crippen MR) is 91.0 cm³/mol. The number of nitrogens with one attached hydrogen (secondary N) is 1. The maximum Gasteiger partial charge on any atom is 0.330 e. The third-order valence-electron chi connectivity index (χ3n) is 3.49. The van der Waals surface area contributed by atoms with Gasteiger partial charge in [0.25, 0.3) is 5.56 Å². The van der Waals surface area contributed by atoms with E-state index in [4.69, 9.17) is 9.47 Å². The zero-order valence-electron chi connectivity index (χ0n) is 13.2. The van der Waals surface area contributed by atoms with E-state index >= 15 is 0 Å². The number of aromatic amines is 1. The molecule has 0 bridgehead atoms. The van der Waals surface area contributed by atoms with Gasteiger partial charge in [0.15, 0.2) is 5.12 Å². The van der Waals surface area contributed by atoms with Crippen molar-refractivity contribution in [3.8, 4) is 0 Å². The molecule has 0 saturated carbocycles. The van der Waals surface area contributed by atoms with E-state index in [-0.39, 0.29) is 17.3 Å². The van der Waals surface area contributed by atoms with Gasteiger partial charge in [-0.05, 0) is 13.2 Å². The second-order valence-corrected chi connectivity index (χ2v) is 7.27. The molecule has 1 N–H and O–H groups in total. The highest BCUT2D eigenvalue weighted by Gasteiger charge is 2.37. The molecule has 1 saturated heterocycles. The Morgan fingerprint density at radius 1 is 1.52 bits per heavy atom. The van der Waals surface area contributed by atoms with Gasteiger partial charge in [-0.25, -0.2) is 4.79 Å². The van der Waals surface area contributed by atoms with E-state index in [0.29, 0.717) is 23.7 Å². The molecule has 2 rings (SSSR count). The van der Waals surface area contributed by atoms with Crippen molar-refractivity contribution < 1.29 is 14.3 Å². The number of ether oxygens (including phenoxy) is 2. The second-order valence-electron chi connectivity index (χ2n) is 5.26. The molecule has 1 aliphatic heterocycles. The highest BCUT2D eigenvalue weighted by molar-refractivity contribution is 8.13. The van der Waals surface area contributed by atoms with Crippen LogP contribution >= 0.6 is 23.5 Å². The van der Waals surface area contributed by atoms with Crippen LogP contribution in [0.3, 0.4) is 0 Å². The summed E-state index contributed by atoms with van der Waals surface area (Å²) in [6, 6.07) is 0. The summed E-state index contributed by atoms with van der Waals surface area (Å²) < 4.78 is 13.1. The average molecular weight is 360 g/mol. The number of hydrogen-bond donors (Lipinski definition) is 1. The molecule has 0 radical (unpaired) electrons. The molecule has 128 valence electrons. The number of aryl methyl sites for hydroxylation is 1. The quantitative estimate of drug-likeness (QED) is 0.760. The number of carbonyl (C=O) groups is 1. The number of aromatic nitrogens is 2. The number of hydrogen-bond acceptors (Lipinski definition) is 7. The fourth-order valence-electron chi connectivity index (χ4n) is 2.35. The Balaban J connectivity index is 2.18. The standard InChI is InChI=1S/C14H20N2O5S2/c1-8-5-16(14(19)15-13(8)18)12-4-10(20-7-22-3)11(21-12)6-23-9(2)17/h5,10-12H,4,6-7H2,1-3H3,(H,15,18,19)/t10-,11+,12+/m0/s1. The molecule has 1 aromatic heterocycles. The van der Waals surface area contributed by atoms with E-state index in [1.807, 2.05) is 6.26 Å². The summed E-state index contributed by atoms with van der Waals surface area (Å²) >= 11 is 2.73. The molecular weight excluding hydrogens is 340 g/mol. The summed E-state index contributed by atoms with van der Waals surface area (Å²) in [6.07, 6.45) is 2.94. The van der Waals surface area contributed by atoms with E-state index in [0.717, 1.165) is 0 Å². The molecule has 1 fully saturated rings. The molecule has 1 aromatic rings. The lowest BCUT2D eigenvalue weighted by molar-refractivity contribution is -0.109. The van der Waals surface area contributed by atoms with Crippen molar-refractivity contribution in [2.45, 2.75) is 38.7 Å². The van der Waals surface area contributed by atoms with Crippen molar-refractivity contribution in [2.75, 3.05) is 17.9 Å². The molecule has 0 aliphatic carbocycles. The minimum Gasteiger partial charge on any atom is -0.365 e. The first-order chi connectivity index (χ1) is 10.9. The largest absolute Gasteiger partial charge is 0.365 e. The molecular formula is C14H20N2O5S2. The van der Waals surface area contributed by atoms with Crippen LogP contribution in [0.2, 0.25) is 0 Å². The maximum absolute atomic E-state index is 12.0. The molecule has 23 heavy (non-hydrogen) atoms. The Morgan fingerprint density at radius 3 is 2.91 bits per heavy atom. The van der Waals surface area contributed by atoms with Crippen molar-refractivity contribution >= 4 is 28.6 Å². The van der Waals surface area contributed by atoms with Crippen molar-refractivity contribution in [1.82, 2.24) is 9.55 Å². The van der Waals surface area contributed by atoms with Gasteiger partial charge in [-0.15, -0.1) is 11.8 Å². The van der Waals surface area contributed by atoms with Gasteiger partial charge in [0.1, 0.15) is 6.23 Å². The SMILES string of the molecule is CSCO[C@H]1C[C@H](n2cc(C)c(=O)[nH]c2=O)O[C@@H]1CSC(C)=O. The fourth-order valence-corrected chi connectivity index (χ4v) is 3.35. The van der Waals surface area contributed by atoms with Crippen LogP contribution in [0.5, 0.6) is 0 Å². The Labute approximate surface area is 142 Å².